The lowest BCUT2D eigenvalue weighted by molar-refractivity contribution is -0.121. The highest BCUT2D eigenvalue weighted by atomic mass is 16.5. The predicted octanol–water partition coefficient (Wildman–Crippen LogP) is 0.981. The molecular weight excluding hydrogens is 348 g/mol. The van der Waals surface area contributed by atoms with Crippen molar-refractivity contribution in [1.82, 2.24) is 20.0 Å². The first-order valence-electron chi connectivity index (χ1n) is 9.16. The molecule has 8 heteroatoms. The number of amides is 1. The topological polar surface area (TPSA) is 89.6 Å². The van der Waals surface area contributed by atoms with Gasteiger partial charge in [0.1, 0.15) is 17.5 Å². The van der Waals surface area contributed by atoms with Crippen molar-refractivity contribution < 1.29 is 13.9 Å². The second kappa shape index (κ2) is 7.89. The largest absolute Gasteiger partial charge is 0.422 e. The molecular formula is C19H22N4O4. The molecule has 1 amide bonds. The van der Waals surface area contributed by atoms with Crippen LogP contribution < -0.4 is 10.9 Å². The molecule has 0 unspecified atom stereocenters. The van der Waals surface area contributed by atoms with Gasteiger partial charge in [-0.15, -0.1) is 0 Å². The van der Waals surface area contributed by atoms with Gasteiger partial charge in [0, 0.05) is 25.0 Å². The number of carbonyl (C=O) groups is 1. The van der Waals surface area contributed by atoms with E-state index in [2.05, 4.69) is 15.3 Å². The fraction of sp³-hybridized carbons (Fsp3) is 0.421. The number of fused-ring (bicyclic) bond motifs is 3. The van der Waals surface area contributed by atoms with Crippen molar-refractivity contribution in [3.8, 4) is 0 Å². The fourth-order valence-corrected chi connectivity index (χ4v) is 3.39. The summed E-state index contributed by atoms with van der Waals surface area (Å²) >= 11 is 0. The number of nitrogens with zero attached hydrogens (tertiary/aromatic N) is 3. The minimum Gasteiger partial charge on any atom is -0.422 e. The van der Waals surface area contributed by atoms with Crippen LogP contribution in [0.4, 0.5) is 0 Å². The second-order valence-electron chi connectivity index (χ2n) is 6.61. The maximum absolute atomic E-state index is 12.3. The fourth-order valence-electron chi connectivity index (χ4n) is 3.39. The molecule has 0 saturated carbocycles. The highest BCUT2D eigenvalue weighted by Crippen LogP contribution is 2.22. The van der Waals surface area contributed by atoms with Gasteiger partial charge in [0.15, 0.2) is 0 Å². The van der Waals surface area contributed by atoms with E-state index in [4.69, 9.17) is 9.15 Å². The van der Waals surface area contributed by atoms with Crippen LogP contribution >= 0.6 is 0 Å². The molecule has 1 aliphatic heterocycles. The van der Waals surface area contributed by atoms with Crippen molar-refractivity contribution in [3.05, 3.63) is 40.9 Å². The third kappa shape index (κ3) is 3.86. The van der Waals surface area contributed by atoms with Gasteiger partial charge in [-0.05, 0) is 25.1 Å². The summed E-state index contributed by atoms with van der Waals surface area (Å²) in [6.45, 7) is 5.07. The molecule has 0 radical (unpaired) electrons. The van der Waals surface area contributed by atoms with Gasteiger partial charge in [-0.2, -0.15) is 5.10 Å². The summed E-state index contributed by atoms with van der Waals surface area (Å²) in [6, 6.07) is 7.27. The van der Waals surface area contributed by atoms with Gasteiger partial charge in [-0.1, -0.05) is 12.1 Å². The van der Waals surface area contributed by atoms with E-state index in [-0.39, 0.29) is 12.5 Å². The zero-order chi connectivity index (χ0) is 18.6. The van der Waals surface area contributed by atoms with E-state index in [0.717, 1.165) is 44.7 Å². The number of morpholine rings is 1. The van der Waals surface area contributed by atoms with Crippen LogP contribution in [-0.4, -0.2) is 60.0 Å². The zero-order valence-electron chi connectivity index (χ0n) is 15.0. The molecule has 0 aliphatic carbocycles. The highest BCUT2D eigenvalue weighted by Gasteiger charge is 2.15. The first-order valence-corrected chi connectivity index (χ1v) is 9.16. The summed E-state index contributed by atoms with van der Waals surface area (Å²) in [5.74, 6) is -0.126. The molecule has 3 aromatic rings. The van der Waals surface area contributed by atoms with E-state index < -0.39 is 5.63 Å². The summed E-state index contributed by atoms with van der Waals surface area (Å²) in [7, 11) is 0. The number of hydrogen-bond acceptors (Lipinski definition) is 6. The molecule has 1 N–H and O–H groups in total. The van der Waals surface area contributed by atoms with Crippen LogP contribution in [0.3, 0.4) is 0 Å². The van der Waals surface area contributed by atoms with Gasteiger partial charge in [0.25, 0.3) is 0 Å². The molecule has 0 atom stereocenters. The molecule has 8 nitrogen and oxygen atoms in total. The first-order chi connectivity index (χ1) is 13.2. The minimum absolute atomic E-state index is 0.0640. The van der Waals surface area contributed by atoms with E-state index in [1.165, 1.54) is 6.20 Å². The molecule has 0 spiro atoms. The third-order valence-corrected chi connectivity index (χ3v) is 4.77. The number of benzene rings is 1. The van der Waals surface area contributed by atoms with E-state index in [0.29, 0.717) is 23.0 Å². The Morgan fingerprint density at radius 3 is 2.85 bits per heavy atom. The van der Waals surface area contributed by atoms with Crippen LogP contribution in [0.5, 0.6) is 0 Å². The van der Waals surface area contributed by atoms with Crippen LogP contribution in [0, 0.1) is 0 Å². The lowest BCUT2D eigenvalue weighted by Gasteiger charge is -2.26. The zero-order valence-corrected chi connectivity index (χ0v) is 15.0. The van der Waals surface area contributed by atoms with Crippen LogP contribution in [0.1, 0.15) is 6.42 Å². The van der Waals surface area contributed by atoms with Gasteiger partial charge in [-0.3, -0.25) is 14.4 Å². The monoisotopic (exact) mass is 370 g/mol. The van der Waals surface area contributed by atoms with Crippen molar-refractivity contribution in [3.63, 3.8) is 0 Å². The smallest absolute Gasteiger partial charge is 0.347 e. The van der Waals surface area contributed by atoms with E-state index in [1.54, 1.807) is 16.8 Å². The van der Waals surface area contributed by atoms with Gasteiger partial charge in [-0.25, -0.2) is 4.79 Å². The van der Waals surface area contributed by atoms with Crippen LogP contribution in [0.25, 0.3) is 21.9 Å². The van der Waals surface area contributed by atoms with Crippen molar-refractivity contribution in [1.29, 1.82) is 0 Å². The first kappa shape index (κ1) is 17.7. The van der Waals surface area contributed by atoms with E-state index in [1.807, 2.05) is 12.1 Å². The van der Waals surface area contributed by atoms with Crippen molar-refractivity contribution >= 4 is 27.8 Å². The Kier molecular flexibility index (Phi) is 5.17. The van der Waals surface area contributed by atoms with E-state index in [9.17, 15) is 9.59 Å². The Balaban J connectivity index is 1.41. The molecule has 3 heterocycles. The quantitative estimate of drug-likeness (QED) is 0.514. The average Bonchev–Trinajstić information content (AvgIpc) is 3.11. The maximum Gasteiger partial charge on any atom is 0.347 e. The number of aromatic nitrogens is 2. The SMILES string of the molecule is O=C(Cn1ncc2c(=O)oc3ccccc3c21)NCCCN1CCOCC1. The molecule has 1 saturated heterocycles. The molecule has 2 aromatic heterocycles. The number of carbonyl (C=O) groups excluding carboxylic acids is 1. The molecule has 1 aromatic carbocycles. The molecule has 1 aliphatic rings. The summed E-state index contributed by atoms with van der Waals surface area (Å²) in [5.41, 5.74) is 0.675. The number of rotatable bonds is 6. The molecule has 4 rings (SSSR count). The van der Waals surface area contributed by atoms with Crippen LogP contribution in [0.2, 0.25) is 0 Å². The number of nitrogens with one attached hydrogen (secondary N) is 1. The Hall–Kier alpha value is -2.71. The Labute approximate surface area is 155 Å². The van der Waals surface area contributed by atoms with Crippen LogP contribution in [0.15, 0.2) is 39.7 Å². The lowest BCUT2D eigenvalue weighted by Crippen LogP contribution is -2.38. The minimum atomic E-state index is -0.444. The lowest BCUT2D eigenvalue weighted by atomic mass is 10.2. The molecule has 1 fully saturated rings. The Morgan fingerprint density at radius 2 is 2.00 bits per heavy atom. The summed E-state index contributed by atoms with van der Waals surface area (Å²) in [4.78, 5) is 26.8. The second-order valence-corrected chi connectivity index (χ2v) is 6.61. The maximum atomic E-state index is 12.3. The predicted molar refractivity (Wildman–Crippen MR) is 101 cm³/mol. The van der Waals surface area contributed by atoms with Crippen molar-refractivity contribution in [2.75, 3.05) is 39.4 Å². The third-order valence-electron chi connectivity index (χ3n) is 4.77. The van der Waals surface area contributed by atoms with Gasteiger partial charge in [0.05, 0.1) is 24.9 Å². The standard InChI is InChI=1S/C19H22N4O4/c24-17(20-6-3-7-22-8-10-26-11-9-22)13-23-18-14-4-1-2-5-16(14)27-19(25)15(18)12-21-23/h1-2,4-5,12H,3,6-11,13H2,(H,20,24). The van der Waals surface area contributed by atoms with E-state index >= 15 is 0 Å². The average molecular weight is 370 g/mol. The van der Waals surface area contributed by atoms with Gasteiger partial charge < -0.3 is 14.5 Å². The number of ether oxygens (including phenoxy) is 1. The summed E-state index contributed by atoms with van der Waals surface area (Å²) < 4.78 is 12.2. The Morgan fingerprint density at radius 1 is 1.19 bits per heavy atom. The molecule has 142 valence electrons. The number of para-hydroxylation sites is 1. The highest BCUT2D eigenvalue weighted by molar-refractivity contribution is 6.02. The van der Waals surface area contributed by atoms with Crippen LogP contribution in [-0.2, 0) is 16.1 Å². The van der Waals surface area contributed by atoms with Gasteiger partial charge >= 0.3 is 5.63 Å². The summed E-state index contributed by atoms with van der Waals surface area (Å²) in [6.07, 6.45) is 2.34. The number of hydrogen-bond donors (Lipinski definition) is 1. The summed E-state index contributed by atoms with van der Waals surface area (Å²) in [5, 5.41) is 8.30. The normalized spacial score (nSPS) is 15.4. The molecule has 0 bridgehead atoms. The molecule has 27 heavy (non-hydrogen) atoms. The Bertz CT molecular complexity index is 1000. The van der Waals surface area contributed by atoms with Crippen molar-refractivity contribution in [2.24, 2.45) is 0 Å². The van der Waals surface area contributed by atoms with Crippen molar-refractivity contribution in [2.45, 2.75) is 13.0 Å². The van der Waals surface area contributed by atoms with Gasteiger partial charge in [0.2, 0.25) is 5.91 Å².